The lowest BCUT2D eigenvalue weighted by Gasteiger charge is -2.37. The second-order valence-electron chi connectivity index (χ2n) is 6.68. The van der Waals surface area contributed by atoms with E-state index in [1.54, 1.807) is 41.5 Å². The van der Waals surface area contributed by atoms with Crippen LogP contribution >= 0.6 is 7.60 Å². The summed E-state index contributed by atoms with van der Waals surface area (Å²) in [7, 11) is -4.00. The van der Waals surface area contributed by atoms with Crippen molar-refractivity contribution in [3.8, 4) is 0 Å². The van der Waals surface area contributed by atoms with Gasteiger partial charge in [0.2, 0.25) is 5.78 Å². The molecule has 0 aromatic rings. The third kappa shape index (κ3) is 5.38. The van der Waals surface area contributed by atoms with Crippen molar-refractivity contribution in [2.75, 3.05) is 13.2 Å². The summed E-state index contributed by atoms with van der Waals surface area (Å²) in [5.74, 6) is -0.572. The van der Waals surface area contributed by atoms with Crippen molar-refractivity contribution in [1.29, 1.82) is 0 Å². The maximum Gasteiger partial charge on any atom is 0.431 e. The van der Waals surface area contributed by atoms with Crippen LogP contribution in [0.25, 0.3) is 0 Å². The van der Waals surface area contributed by atoms with Crippen molar-refractivity contribution < 1.29 is 32.8 Å². The van der Waals surface area contributed by atoms with Crippen molar-refractivity contribution in [3.63, 3.8) is 0 Å². The Morgan fingerprint density at radius 3 is 2.28 bits per heavy atom. The highest BCUT2D eigenvalue weighted by molar-refractivity contribution is 7.56. The zero-order valence-corrected chi connectivity index (χ0v) is 16.6. The van der Waals surface area contributed by atoms with Gasteiger partial charge in [0.15, 0.2) is 0 Å². The Labute approximate surface area is 148 Å². The number of hydroxylamine groups is 1. The first kappa shape index (κ1) is 21.8. The van der Waals surface area contributed by atoms with Gasteiger partial charge in [0.25, 0.3) is 5.34 Å². The van der Waals surface area contributed by atoms with Gasteiger partial charge in [-0.15, -0.1) is 0 Å². The fraction of sp³-hybridized carbons (Fsp3) is 0.750. The molecule has 0 aromatic heterocycles. The molecule has 1 N–H and O–H groups in total. The van der Waals surface area contributed by atoms with Crippen LogP contribution in [0.15, 0.2) is 11.6 Å². The molecule has 8 nitrogen and oxygen atoms in total. The number of ether oxygens (including phenoxy) is 1. The summed E-state index contributed by atoms with van der Waals surface area (Å²) in [6.45, 7) is 10.2. The highest BCUT2D eigenvalue weighted by atomic mass is 31.2. The molecular formula is C16H28NO7P. The second kappa shape index (κ2) is 8.45. The minimum absolute atomic E-state index is 0.0568. The molecule has 0 saturated heterocycles. The smallest absolute Gasteiger partial charge is 0.431 e. The quantitative estimate of drug-likeness (QED) is 0.533. The first-order valence-electron chi connectivity index (χ1n) is 8.27. The molecule has 9 heteroatoms. The Morgan fingerprint density at radius 1 is 1.28 bits per heavy atom. The maximum atomic E-state index is 13.3. The van der Waals surface area contributed by atoms with Gasteiger partial charge in [0, 0.05) is 6.42 Å². The van der Waals surface area contributed by atoms with Crippen LogP contribution in [0.5, 0.6) is 0 Å². The number of amides is 1. The molecule has 1 aliphatic rings. The highest BCUT2D eigenvalue weighted by Crippen LogP contribution is 2.63. The molecule has 25 heavy (non-hydrogen) atoms. The van der Waals surface area contributed by atoms with Gasteiger partial charge >= 0.3 is 13.7 Å². The van der Waals surface area contributed by atoms with Gasteiger partial charge in [-0.3, -0.25) is 9.36 Å². The molecule has 0 aromatic carbocycles. The van der Waals surface area contributed by atoms with E-state index in [0.717, 1.165) is 5.57 Å². The number of hydrogen-bond acceptors (Lipinski definition) is 7. The molecule has 0 radical (unpaired) electrons. The number of hydrogen-bond donors (Lipinski definition) is 1. The van der Waals surface area contributed by atoms with Crippen LogP contribution in [0.2, 0.25) is 0 Å². The van der Waals surface area contributed by atoms with Gasteiger partial charge in [-0.2, -0.15) is 5.48 Å². The molecule has 0 spiro atoms. The second-order valence-corrected chi connectivity index (χ2v) is 8.91. The van der Waals surface area contributed by atoms with E-state index in [1.807, 2.05) is 0 Å². The van der Waals surface area contributed by atoms with Crippen molar-refractivity contribution in [3.05, 3.63) is 11.6 Å². The average molecular weight is 377 g/mol. The first-order valence-corrected chi connectivity index (χ1v) is 9.81. The number of rotatable bonds is 7. The highest BCUT2D eigenvalue weighted by Gasteiger charge is 2.59. The van der Waals surface area contributed by atoms with Crippen LogP contribution in [0.4, 0.5) is 4.79 Å². The summed E-state index contributed by atoms with van der Waals surface area (Å²) in [6.07, 6.45) is 0.948. The van der Waals surface area contributed by atoms with Crippen LogP contribution in [-0.4, -0.2) is 36.0 Å². The lowest BCUT2D eigenvalue weighted by molar-refractivity contribution is -0.141. The molecule has 0 fully saturated rings. The van der Waals surface area contributed by atoms with Crippen LogP contribution < -0.4 is 5.48 Å². The number of carbonyl (C=O) groups excluding carboxylic acids is 2. The molecule has 0 unspecified atom stereocenters. The summed E-state index contributed by atoms with van der Waals surface area (Å²) in [6, 6.07) is 0. The van der Waals surface area contributed by atoms with Crippen LogP contribution in [0.1, 0.15) is 54.4 Å². The van der Waals surface area contributed by atoms with E-state index in [9.17, 15) is 14.2 Å². The van der Waals surface area contributed by atoms with E-state index in [0.29, 0.717) is 6.42 Å². The fourth-order valence-corrected chi connectivity index (χ4v) is 4.39. The summed E-state index contributed by atoms with van der Waals surface area (Å²) in [4.78, 5) is 30.0. The van der Waals surface area contributed by atoms with Gasteiger partial charge in [0.05, 0.1) is 13.2 Å². The molecular weight excluding hydrogens is 349 g/mol. The predicted octanol–water partition coefficient (Wildman–Crippen LogP) is 3.71. The third-order valence-electron chi connectivity index (χ3n) is 3.36. The number of nitrogens with one attached hydrogen (secondary N) is 1. The molecule has 1 atom stereocenters. The number of allylic oxidation sites excluding steroid dienone is 1. The van der Waals surface area contributed by atoms with Gasteiger partial charge in [0.1, 0.15) is 5.60 Å². The van der Waals surface area contributed by atoms with Crippen molar-refractivity contribution in [1.82, 2.24) is 5.48 Å². The van der Waals surface area contributed by atoms with Gasteiger partial charge < -0.3 is 13.8 Å². The number of ketones is 1. The van der Waals surface area contributed by atoms with E-state index < -0.39 is 30.4 Å². The van der Waals surface area contributed by atoms with E-state index in [1.165, 1.54) is 6.08 Å². The Hall–Kier alpha value is -1.21. The first-order chi connectivity index (χ1) is 11.5. The summed E-state index contributed by atoms with van der Waals surface area (Å²) >= 11 is 0. The topological polar surface area (TPSA) is 100 Å². The molecule has 0 aliphatic heterocycles. The molecule has 1 aliphatic carbocycles. The molecule has 144 valence electrons. The van der Waals surface area contributed by atoms with Gasteiger partial charge in [-0.25, -0.2) is 9.63 Å². The minimum Gasteiger partial charge on any atom is -0.442 e. The van der Waals surface area contributed by atoms with Gasteiger partial charge in [-0.1, -0.05) is 5.57 Å². The predicted molar refractivity (Wildman–Crippen MR) is 92.0 cm³/mol. The molecule has 1 amide bonds. The Morgan fingerprint density at radius 2 is 1.84 bits per heavy atom. The molecule has 0 bridgehead atoms. The van der Waals surface area contributed by atoms with Crippen LogP contribution in [-0.2, 0) is 28.0 Å². The minimum atomic E-state index is -4.00. The zero-order valence-electron chi connectivity index (χ0n) is 15.7. The molecule has 1 rings (SSSR count). The lowest BCUT2D eigenvalue weighted by Crippen LogP contribution is -2.49. The van der Waals surface area contributed by atoms with Crippen molar-refractivity contribution in [2.45, 2.75) is 65.3 Å². The Balaban J connectivity index is 3.15. The maximum absolute atomic E-state index is 13.3. The third-order valence-corrected chi connectivity index (χ3v) is 5.98. The monoisotopic (exact) mass is 377 g/mol. The fourth-order valence-electron chi connectivity index (χ4n) is 2.34. The van der Waals surface area contributed by atoms with E-state index in [4.69, 9.17) is 18.6 Å². The standard InChI is InChI=1S/C16H28NO7P/c1-7-21-25(20,22-8-2)16(10-9-12(3)11-13(16)18)24-17-14(19)23-15(4,5)6/h11H,7-10H2,1-6H3,(H,17,19)/t16-/m1/s1. The summed E-state index contributed by atoms with van der Waals surface area (Å²) < 4.78 is 29.0. The van der Waals surface area contributed by atoms with E-state index >= 15 is 0 Å². The Bertz CT molecular complexity index is 572. The number of carbonyl (C=O) groups is 2. The van der Waals surface area contributed by atoms with Crippen molar-refractivity contribution in [2.24, 2.45) is 0 Å². The molecule has 0 heterocycles. The van der Waals surface area contributed by atoms with E-state index in [-0.39, 0.29) is 19.6 Å². The summed E-state index contributed by atoms with van der Waals surface area (Å²) in [5.41, 5.74) is 2.14. The SMILES string of the molecule is CCOP(=O)(OCC)[C@]1(ONC(=O)OC(C)(C)C)CCC(C)=CC1=O. The summed E-state index contributed by atoms with van der Waals surface area (Å²) in [5, 5.41) is -1.94. The lowest BCUT2D eigenvalue weighted by atomic mass is 9.96. The van der Waals surface area contributed by atoms with Crippen LogP contribution in [0, 0.1) is 0 Å². The largest absolute Gasteiger partial charge is 0.442 e. The van der Waals surface area contributed by atoms with Crippen LogP contribution in [0.3, 0.4) is 0 Å². The molecule has 0 saturated carbocycles. The normalized spacial score (nSPS) is 21.7. The average Bonchev–Trinajstić information content (AvgIpc) is 2.45. The van der Waals surface area contributed by atoms with Gasteiger partial charge in [-0.05, 0) is 54.0 Å². The van der Waals surface area contributed by atoms with Crippen molar-refractivity contribution >= 4 is 19.5 Å². The zero-order chi connectivity index (χ0) is 19.3. The van der Waals surface area contributed by atoms with E-state index in [2.05, 4.69) is 5.48 Å². The Kier molecular flexibility index (Phi) is 7.38.